The lowest BCUT2D eigenvalue weighted by Gasteiger charge is -2.22. The Balaban J connectivity index is 1.54. The molecular weight excluding hydrogens is 362 g/mol. The summed E-state index contributed by atoms with van der Waals surface area (Å²) in [6, 6.07) is 1.33. The molecule has 0 bridgehead atoms. The van der Waals surface area contributed by atoms with E-state index in [0.717, 1.165) is 41.0 Å². The van der Waals surface area contributed by atoms with Gasteiger partial charge in [0.05, 0.1) is 17.4 Å². The molecule has 3 atom stereocenters. The molecular formula is C20H21N3O3S. The molecule has 140 valence electrons. The van der Waals surface area contributed by atoms with Crippen molar-refractivity contribution >= 4 is 34.1 Å². The van der Waals surface area contributed by atoms with Crippen LogP contribution in [-0.4, -0.2) is 28.7 Å². The zero-order chi connectivity index (χ0) is 19.1. The molecule has 0 spiro atoms. The number of nitriles is 1. The zero-order valence-corrected chi connectivity index (χ0v) is 16.0. The Labute approximate surface area is 161 Å². The molecule has 7 heteroatoms. The van der Waals surface area contributed by atoms with Crippen molar-refractivity contribution in [3.05, 3.63) is 28.2 Å². The van der Waals surface area contributed by atoms with Crippen LogP contribution in [0.5, 0.6) is 0 Å². The van der Waals surface area contributed by atoms with Crippen molar-refractivity contribution in [1.82, 2.24) is 4.90 Å². The number of imide groups is 1. The predicted molar refractivity (Wildman–Crippen MR) is 101 cm³/mol. The number of hydrogen-bond donors (Lipinski definition) is 1. The van der Waals surface area contributed by atoms with E-state index in [2.05, 4.69) is 11.4 Å². The molecule has 1 fully saturated rings. The molecule has 2 aliphatic carbocycles. The monoisotopic (exact) mass is 383 g/mol. The van der Waals surface area contributed by atoms with Gasteiger partial charge in [0.1, 0.15) is 17.1 Å². The van der Waals surface area contributed by atoms with Crippen molar-refractivity contribution in [3.8, 4) is 6.07 Å². The highest BCUT2D eigenvalue weighted by atomic mass is 32.1. The quantitative estimate of drug-likeness (QED) is 0.642. The predicted octanol–water partition coefficient (Wildman–Crippen LogP) is 2.78. The number of thiophene rings is 1. The fourth-order valence-electron chi connectivity index (χ4n) is 4.31. The first-order valence-electron chi connectivity index (χ1n) is 9.40. The number of hydrogen-bond acceptors (Lipinski definition) is 5. The molecule has 6 nitrogen and oxygen atoms in total. The molecule has 1 N–H and O–H groups in total. The van der Waals surface area contributed by atoms with Crippen LogP contribution >= 0.6 is 11.3 Å². The Morgan fingerprint density at radius 1 is 1.22 bits per heavy atom. The van der Waals surface area contributed by atoms with E-state index in [0.29, 0.717) is 23.4 Å². The van der Waals surface area contributed by atoms with Crippen molar-refractivity contribution in [1.29, 1.82) is 5.26 Å². The second-order valence-electron chi connectivity index (χ2n) is 7.39. The fraction of sp³-hybridized carbons (Fsp3) is 0.500. The summed E-state index contributed by atoms with van der Waals surface area (Å²) in [5.74, 6) is -1.63. The van der Waals surface area contributed by atoms with Gasteiger partial charge in [0.2, 0.25) is 17.7 Å². The Kier molecular flexibility index (Phi) is 4.60. The second-order valence-corrected chi connectivity index (χ2v) is 8.50. The van der Waals surface area contributed by atoms with Crippen molar-refractivity contribution < 1.29 is 14.4 Å². The van der Waals surface area contributed by atoms with Crippen molar-refractivity contribution in [2.45, 2.75) is 51.5 Å². The standard InChI is InChI=1S/C20H21N3O3S/c1-11(23-19(25)13-7-2-3-8-14(13)20(23)26)17(24)22-18-15(10-21)12-6-4-5-9-16(12)27-18/h2-3,11,13-14H,4-9H2,1H3,(H,22,24)/t11-,13-,14+/m0/s1. The maximum Gasteiger partial charge on any atom is 0.248 e. The third-order valence-corrected chi connectivity index (χ3v) is 7.04. The minimum atomic E-state index is -0.888. The van der Waals surface area contributed by atoms with Gasteiger partial charge in [-0.25, -0.2) is 0 Å². The smallest absolute Gasteiger partial charge is 0.248 e. The number of carbonyl (C=O) groups excluding carboxylic acids is 3. The maximum atomic E-state index is 12.8. The van der Waals surface area contributed by atoms with Crippen LogP contribution in [0.4, 0.5) is 5.00 Å². The zero-order valence-electron chi connectivity index (χ0n) is 15.2. The van der Waals surface area contributed by atoms with Crippen LogP contribution in [0.2, 0.25) is 0 Å². The summed E-state index contributed by atoms with van der Waals surface area (Å²) in [5, 5.41) is 12.9. The lowest BCUT2D eigenvalue weighted by molar-refractivity contribution is -0.146. The van der Waals surface area contributed by atoms with Crippen LogP contribution in [0.25, 0.3) is 0 Å². The molecule has 0 radical (unpaired) electrons. The van der Waals surface area contributed by atoms with Crippen LogP contribution in [0.3, 0.4) is 0 Å². The number of carbonyl (C=O) groups is 3. The lowest BCUT2D eigenvalue weighted by atomic mass is 9.85. The average Bonchev–Trinajstić information content (AvgIpc) is 3.16. The van der Waals surface area contributed by atoms with Crippen LogP contribution in [0.1, 0.15) is 48.6 Å². The number of aryl methyl sites for hydroxylation is 1. The number of fused-ring (bicyclic) bond motifs is 2. The first-order valence-corrected chi connectivity index (χ1v) is 10.2. The molecule has 2 heterocycles. The third-order valence-electron chi connectivity index (χ3n) is 5.83. The van der Waals surface area contributed by atoms with Crippen LogP contribution < -0.4 is 5.32 Å². The van der Waals surface area contributed by atoms with Gasteiger partial charge in [0.25, 0.3) is 0 Å². The summed E-state index contributed by atoms with van der Waals surface area (Å²) >= 11 is 1.44. The summed E-state index contributed by atoms with van der Waals surface area (Å²) in [5.41, 5.74) is 1.58. The number of amides is 3. The summed E-state index contributed by atoms with van der Waals surface area (Å²) in [6.45, 7) is 1.58. The SMILES string of the molecule is C[C@@H](C(=O)Nc1sc2c(c1C#N)CCCC2)N1C(=O)[C@H]2CC=CC[C@H]2C1=O. The number of likely N-dealkylation sites (tertiary alicyclic amines) is 1. The fourth-order valence-corrected chi connectivity index (χ4v) is 5.56. The van der Waals surface area contributed by atoms with E-state index in [1.165, 1.54) is 11.3 Å². The lowest BCUT2D eigenvalue weighted by Crippen LogP contribution is -2.46. The average molecular weight is 383 g/mol. The van der Waals surface area contributed by atoms with E-state index in [1.807, 2.05) is 12.2 Å². The van der Waals surface area contributed by atoms with E-state index in [9.17, 15) is 19.6 Å². The van der Waals surface area contributed by atoms with Crippen molar-refractivity contribution in [3.63, 3.8) is 0 Å². The molecule has 3 amide bonds. The van der Waals surface area contributed by atoms with Gasteiger partial charge in [-0.3, -0.25) is 19.3 Å². The summed E-state index contributed by atoms with van der Waals surface area (Å²) in [6.07, 6.45) is 8.89. The number of anilines is 1. The Morgan fingerprint density at radius 2 is 1.85 bits per heavy atom. The number of allylic oxidation sites excluding steroid dienone is 2. The first-order chi connectivity index (χ1) is 13.0. The molecule has 0 saturated carbocycles. The second kappa shape index (κ2) is 6.93. The highest BCUT2D eigenvalue weighted by molar-refractivity contribution is 7.16. The Bertz CT molecular complexity index is 869. The van der Waals surface area contributed by atoms with Crippen LogP contribution in [0, 0.1) is 23.2 Å². The molecule has 27 heavy (non-hydrogen) atoms. The summed E-state index contributed by atoms with van der Waals surface area (Å²) < 4.78 is 0. The molecule has 0 unspecified atom stereocenters. The van der Waals surface area contributed by atoms with Gasteiger partial charge < -0.3 is 5.32 Å². The molecule has 1 aliphatic heterocycles. The van der Waals surface area contributed by atoms with Gasteiger partial charge >= 0.3 is 0 Å². The third kappa shape index (κ3) is 2.88. The topological polar surface area (TPSA) is 90.3 Å². The summed E-state index contributed by atoms with van der Waals surface area (Å²) in [4.78, 5) is 40.4. The van der Waals surface area contributed by atoms with Gasteiger partial charge in [0, 0.05) is 4.88 Å². The van der Waals surface area contributed by atoms with E-state index in [-0.39, 0.29) is 23.7 Å². The van der Waals surface area contributed by atoms with Gasteiger partial charge in [0.15, 0.2) is 0 Å². The Hall–Kier alpha value is -2.46. The molecule has 0 aromatic carbocycles. The van der Waals surface area contributed by atoms with E-state index in [1.54, 1.807) is 6.92 Å². The Morgan fingerprint density at radius 3 is 2.48 bits per heavy atom. The van der Waals surface area contributed by atoms with Crippen molar-refractivity contribution in [2.24, 2.45) is 11.8 Å². The van der Waals surface area contributed by atoms with E-state index >= 15 is 0 Å². The van der Waals surface area contributed by atoms with E-state index in [4.69, 9.17) is 0 Å². The molecule has 4 rings (SSSR count). The van der Waals surface area contributed by atoms with Gasteiger partial charge in [-0.1, -0.05) is 12.2 Å². The van der Waals surface area contributed by atoms with Crippen LogP contribution in [-0.2, 0) is 27.2 Å². The summed E-state index contributed by atoms with van der Waals surface area (Å²) in [7, 11) is 0. The van der Waals surface area contributed by atoms with Gasteiger partial charge in [-0.15, -0.1) is 11.3 Å². The molecule has 1 aromatic rings. The minimum absolute atomic E-state index is 0.261. The molecule has 3 aliphatic rings. The number of nitrogens with zero attached hydrogens (tertiary/aromatic N) is 2. The molecule has 1 saturated heterocycles. The highest BCUT2D eigenvalue weighted by Crippen LogP contribution is 2.39. The first kappa shape index (κ1) is 17.9. The highest BCUT2D eigenvalue weighted by Gasteiger charge is 2.50. The number of rotatable bonds is 3. The normalized spacial score (nSPS) is 25.0. The maximum absolute atomic E-state index is 12.8. The van der Waals surface area contributed by atoms with Gasteiger partial charge in [-0.05, 0) is 51.0 Å². The van der Waals surface area contributed by atoms with E-state index < -0.39 is 11.9 Å². The molecule has 1 aromatic heterocycles. The number of nitrogens with one attached hydrogen (secondary N) is 1. The minimum Gasteiger partial charge on any atom is -0.315 e. The van der Waals surface area contributed by atoms with Crippen molar-refractivity contribution in [2.75, 3.05) is 5.32 Å². The largest absolute Gasteiger partial charge is 0.315 e. The van der Waals surface area contributed by atoms with Gasteiger partial charge in [-0.2, -0.15) is 5.26 Å². The van der Waals surface area contributed by atoms with Crippen LogP contribution in [0.15, 0.2) is 12.2 Å².